The quantitative estimate of drug-likeness (QED) is 0.600. The molecule has 1 aromatic heterocycles. The molecule has 33 heavy (non-hydrogen) atoms. The number of aliphatic hydroxyl groups excluding tert-OH is 1. The maximum Gasteiger partial charge on any atom is 0.260 e. The summed E-state index contributed by atoms with van der Waals surface area (Å²) >= 11 is 0. The first-order valence-corrected chi connectivity index (χ1v) is 11.2. The number of pyridine rings is 1. The highest BCUT2D eigenvalue weighted by atomic mass is 16.3. The summed E-state index contributed by atoms with van der Waals surface area (Å²) in [6.45, 7) is 6.51. The number of nitrogens with one attached hydrogen (secondary N) is 1. The minimum Gasteiger partial charge on any atom is -0.392 e. The van der Waals surface area contributed by atoms with Gasteiger partial charge >= 0.3 is 0 Å². The lowest BCUT2D eigenvalue weighted by molar-refractivity contribution is -0.123. The van der Waals surface area contributed by atoms with Crippen LogP contribution in [0.25, 0.3) is 0 Å². The Morgan fingerprint density at radius 1 is 1.09 bits per heavy atom. The number of aryl methyl sites for hydroxylation is 1. The lowest BCUT2D eigenvalue weighted by atomic mass is 9.79. The Balaban J connectivity index is 1.91. The minimum absolute atomic E-state index is 0.0752. The van der Waals surface area contributed by atoms with Gasteiger partial charge in [-0.05, 0) is 47.2 Å². The van der Waals surface area contributed by atoms with Crippen LogP contribution in [0.5, 0.6) is 0 Å². The zero-order valence-corrected chi connectivity index (χ0v) is 19.2. The Kier molecular flexibility index (Phi) is 6.56. The Labute approximate surface area is 194 Å². The number of aromatic nitrogens is 1. The van der Waals surface area contributed by atoms with E-state index in [1.807, 2.05) is 75.4 Å². The summed E-state index contributed by atoms with van der Waals surface area (Å²) in [4.78, 5) is 33.5. The molecule has 2 aromatic carbocycles. The van der Waals surface area contributed by atoms with Crippen molar-refractivity contribution in [2.75, 3.05) is 11.4 Å². The van der Waals surface area contributed by atoms with Gasteiger partial charge in [-0.15, -0.1) is 0 Å². The standard InChI is InChI=1S/C27H29N3O3/c1-17(2)14-29-26(32)24-21-6-4-5-7-22(21)27(33)30(23-13-8-18(3)15-28-23)25(24)20-11-9-19(16-31)10-12-20/h4-13,15,17,24-25,31H,14,16H2,1-3H3,(H,29,32)/t24-,25+/m1/s1. The molecule has 6 nitrogen and oxygen atoms in total. The van der Waals surface area contributed by atoms with Gasteiger partial charge in [0.1, 0.15) is 5.82 Å². The number of hydrogen-bond donors (Lipinski definition) is 2. The summed E-state index contributed by atoms with van der Waals surface area (Å²) in [6.07, 6.45) is 1.73. The second-order valence-electron chi connectivity index (χ2n) is 8.92. The Morgan fingerprint density at radius 2 is 1.82 bits per heavy atom. The van der Waals surface area contributed by atoms with Crippen LogP contribution in [0.2, 0.25) is 0 Å². The molecule has 1 aliphatic heterocycles. The van der Waals surface area contributed by atoms with Crippen LogP contribution in [0, 0.1) is 12.8 Å². The summed E-state index contributed by atoms with van der Waals surface area (Å²) in [5, 5.41) is 12.6. The number of rotatable bonds is 6. The highest BCUT2D eigenvalue weighted by Gasteiger charge is 2.45. The zero-order chi connectivity index (χ0) is 23.5. The van der Waals surface area contributed by atoms with Crippen LogP contribution in [0.1, 0.15) is 58.4 Å². The lowest BCUT2D eigenvalue weighted by Gasteiger charge is -2.41. The molecular formula is C27H29N3O3. The van der Waals surface area contributed by atoms with E-state index in [1.165, 1.54) is 0 Å². The fraction of sp³-hybridized carbons (Fsp3) is 0.296. The SMILES string of the molecule is Cc1ccc(N2C(=O)c3ccccc3[C@@H](C(=O)NCC(C)C)[C@@H]2c2ccc(CO)cc2)nc1. The van der Waals surface area contributed by atoms with Gasteiger partial charge in [0.2, 0.25) is 5.91 Å². The molecule has 2 N–H and O–H groups in total. The van der Waals surface area contributed by atoms with Gasteiger partial charge in [-0.25, -0.2) is 4.98 Å². The number of carbonyl (C=O) groups excluding carboxylic acids is 2. The van der Waals surface area contributed by atoms with Crippen molar-refractivity contribution in [3.8, 4) is 0 Å². The van der Waals surface area contributed by atoms with Gasteiger partial charge < -0.3 is 10.4 Å². The van der Waals surface area contributed by atoms with Crippen LogP contribution >= 0.6 is 0 Å². The number of fused-ring (bicyclic) bond motifs is 1. The van der Waals surface area contributed by atoms with E-state index < -0.39 is 12.0 Å². The van der Waals surface area contributed by atoms with Gasteiger partial charge in [0, 0.05) is 18.3 Å². The normalized spacial score (nSPS) is 17.7. The summed E-state index contributed by atoms with van der Waals surface area (Å²) in [5.74, 6) is -0.131. The molecule has 0 saturated carbocycles. The van der Waals surface area contributed by atoms with E-state index in [0.717, 1.165) is 16.7 Å². The smallest absolute Gasteiger partial charge is 0.260 e. The third-order valence-electron chi connectivity index (χ3n) is 5.95. The largest absolute Gasteiger partial charge is 0.392 e. The molecule has 0 radical (unpaired) electrons. The fourth-order valence-corrected chi connectivity index (χ4v) is 4.25. The van der Waals surface area contributed by atoms with Crippen LogP contribution in [0.15, 0.2) is 66.9 Å². The predicted molar refractivity (Wildman–Crippen MR) is 128 cm³/mol. The topological polar surface area (TPSA) is 82.5 Å². The molecule has 170 valence electrons. The van der Waals surface area contributed by atoms with Crippen molar-refractivity contribution in [3.63, 3.8) is 0 Å². The van der Waals surface area contributed by atoms with Crippen LogP contribution in [-0.4, -0.2) is 28.4 Å². The van der Waals surface area contributed by atoms with Gasteiger partial charge in [-0.2, -0.15) is 0 Å². The molecule has 6 heteroatoms. The zero-order valence-electron chi connectivity index (χ0n) is 19.2. The van der Waals surface area contributed by atoms with Crippen molar-refractivity contribution < 1.29 is 14.7 Å². The van der Waals surface area contributed by atoms with E-state index in [2.05, 4.69) is 10.3 Å². The van der Waals surface area contributed by atoms with E-state index in [1.54, 1.807) is 17.2 Å². The van der Waals surface area contributed by atoms with Crippen LogP contribution in [-0.2, 0) is 11.4 Å². The van der Waals surface area contributed by atoms with Crippen LogP contribution < -0.4 is 10.2 Å². The molecule has 0 fully saturated rings. The molecule has 0 saturated heterocycles. The number of hydrogen-bond acceptors (Lipinski definition) is 4. The number of benzene rings is 2. The van der Waals surface area contributed by atoms with E-state index in [4.69, 9.17) is 0 Å². The molecule has 3 aromatic rings. The average Bonchev–Trinajstić information content (AvgIpc) is 2.83. The number of nitrogens with zero attached hydrogens (tertiary/aromatic N) is 2. The summed E-state index contributed by atoms with van der Waals surface area (Å²) in [7, 11) is 0. The molecule has 0 spiro atoms. The van der Waals surface area contributed by atoms with E-state index in [-0.39, 0.29) is 18.4 Å². The monoisotopic (exact) mass is 443 g/mol. The van der Waals surface area contributed by atoms with E-state index >= 15 is 0 Å². The average molecular weight is 444 g/mol. The van der Waals surface area contributed by atoms with E-state index in [9.17, 15) is 14.7 Å². The maximum absolute atomic E-state index is 13.8. The van der Waals surface area contributed by atoms with Gasteiger partial charge in [-0.3, -0.25) is 14.5 Å². The second kappa shape index (κ2) is 9.55. The first-order chi connectivity index (χ1) is 15.9. The molecule has 2 amide bonds. The molecule has 4 rings (SSSR count). The Bertz CT molecular complexity index is 1140. The highest BCUT2D eigenvalue weighted by Crippen LogP contribution is 2.44. The molecule has 0 aliphatic carbocycles. The van der Waals surface area contributed by atoms with Gasteiger partial charge in [0.15, 0.2) is 0 Å². The number of anilines is 1. The van der Waals surface area contributed by atoms with Crippen molar-refractivity contribution in [2.45, 2.75) is 39.3 Å². The van der Waals surface area contributed by atoms with Gasteiger partial charge in [0.25, 0.3) is 5.91 Å². The van der Waals surface area contributed by atoms with Crippen molar-refractivity contribution >= 4 is 17.6 Å². The molecule has 0 bridgehead atoms. The maximum atomic E-state index is 13.8. The van der Waals surface area contributed by atoms with Crippen LogP contribution in [0.3, 0.4) is 0 Å². The van der Waals surface area contributed by atoms with Crippen molar-refractivity contribution in [2.24, 2.45) is 5.92 Å². The lowest BCUT2D eigenvalue weighted by Crippen LogP contribution is -2.48. The van der Waals surface area contributed by atoms with Crippen molar-refractivity contribution in [1.29, 1.82) is 0 Å². The molecule has 2 heterocycles. The summed E-state index contributed by atoms with van der Waals surface area (Å²) < 4.78 is 0. The summed E-state index contributed by atoms with van der Waals surface area (Å²) in [5.41, 5.74) is 3.78. The first kappa shape index (κ1) is 22.7. The number of amides is 2. The molecule has 0 unspecified atom stereocenters. The fourth-order valence-electron chi connectivity index (χ4n) is 4.25. The first-order valence-electron chi connectivity index (χ1n) is 11.2. The highest BCUT2D eigenvalue weighted by molar-refractivity contribution is 6.11. The van der Waals surface area contributed by atoms with E-state index in [0.29, 0.717) is 29.4 Å². The Morgan fingerprint density at radius 3 is 2.45 bits per heavy atom. The Hall–Kier alpha value is -3.51. The third kappa shape index (κ3) is 4.52. The molecule has 2 atom stereocenters. The summed E-state index contributed by atoms with van der Waals surface area (Å²) in [6, 6.07) is 17.9. The van der Waals surface area contributed by atoms with Gasteiger partial charge in [-0.1, -0.05) is 62.4 Å². The number of carbonyl (C=O) groups is 2. The molecular weight excluding hydrogens is 414 g/mol. The number of aliphatic hydroxyl groups is 1. The minimum atomic E-state index is -0.610. The van der Waals surface area contributed by atoms with Crippen molar-refractivity contribution in [3.05, 3.63) is 94.7 Å². The third-order valence-corrected chi connectivity index (χ3v) is 5.95. The van der Waals surface area contributed by atoms with Crippen LogP contribution in [0.4, 0.5) is 5.82 Å². The second-order valence-corrected chi connectivity index (χ2v) is 8.92. The molecule has 1 aliphatic rings. The van der Waals surface area contributed by atoms with Gasteiger partial charge in [0.05, 0.1) is 18.6 Å². The van der Waals surface area contributed by atoms with Crippen molar-refractivity contribution in [1.82, 2.24) is 10.3 Å². The predicted octanol–water partition coefficient (Wildman–Crippen LogP) is 4.14.